The fourth-order valence-corrected chi connectivity index (χ4v) is 1.53. The molecule has 1 aromatic rings. The van der Waals surface area contributed by atoms with Gasteiger partial charge in [0, 0.05) is 38.0 Å². The van der Waals surface area contributed by atoms with Crippen LogP contribution in [0, 0.1) is 0 Å². The number of nitrogens with one attached hydrogen (secondary N) is 2. The molecule has 0 aliphatic carbocycles. The van der Waals surface area contributed by atoms with Crippen LogP contribution in [0.1, 0.15) is 12.0 Å². The zero-order chi connectivity index (χ0) is 13.8. The summed E-state index contributed by atoms with van der Waals surface area (Å²) in [5.41, 5.74) is 0.744. The number of para-hydroxylation sites is 1. The van der Waals surface area contributed by atoms with Crippen molar-refractivity contribution in [1.82, 2.24) is 10.6 Å². The summed E-state index contributed by atoms with van der Waals surface area (Å²) in [6.07, 6.45) is 2.49. The molecule has 0 saturated heterocycles. The number of rotatable bonds is 10. The Hall–Kier alpha value is -1.43. The first-order valence-electron chi connectivity index (χ1n) is 6.64. The quantitative estimate of drug-likeness (QED) is 0.364. The van der Waals surface area contributed by atoms with Crippen LogP contribution in [-0.4, -0.2) is 55.8 Å². The van der Waals surface area contributed by atoms with E-state index < -0.39 is 0 Å². The van der Waals surface area contributed by atoms with E-state index >= 15 is 0 Å². The molecule has 0 amide bonds. The monoisotopic (exact) mass is 265 g/mol. The van der Waals surface area contributed by atoms with Crippen LogP contribution in [-0.2, 0) is 0 Å². The average molecular weight is 265 g/mol. The van der Waals surface area contributed by atoms with Gasteiger partial charge in [-0.3, -0.25) is 4.99 Å². The summed E-state index contributed by atoms with van der Waals surface area (Å²) in [5.74, 6) is 0.257. The van der Waals surface area contributed by atoms with Gasteiger partial charge in [-0.25, -0.2) is 0 Å². The van der Waals surface area contributed by atoms with Crippen molar-refractivity contribution in [2.45, 2.75) is 6.42 Å². The topological polar surface area (TPSA) is 76.9 Å². The largest absolute Gasteiger partial charge is 0.507 e. The summed E-state index contributed by atoms with van der Waals surface area (Å²) in [4.78, 5) is 4.25. The number of aromatic hydroxyl groups is 1. The Morgan fingerprint density at radius 2 is 1.79 bits per heavy atom. The summed E-state index contributed by atoms with van der Waals surface area (Å²) in [6.45, 7) is 4.36. The molecular weight excluding hydrogens is 242 g/mol. The third-order valence-electron chi connectivity index (χ3n) is 2.58. The predicted octanol–water partition coefficient (Wildman–Crippen LogP) is 0.373. The third kappa shape index (κ3) is 7.56. The first-order valence-corrected chi connectivity index (χ1v) is 6.64. The lowest BCUT2D eigenvalue weighted by atomic mass is 10.2. The van der Waals surface area contributed by atoms with Crippen LogP contribution in [0.3, 0.4) is 0 Å². The molecular formula is C14H23N3O2. The lowest BCUT2D eigenvalue weighted by Crippen LogP contribution is -2.29. The zero-order valence-corrected chi connectivity index (χ0v) is 11.2. The second-order valence-electron chi connectivity index (χ2n) is 4.17. The Morgan fingerprint density at radius 3 is 2.53 bits per heavy atom. The third-order valence-corrected chi connectivity index (χ3v) is 2.58. The van der Waals surface area contributed by atoms with E-state index in [2.05, 4.69) is 15.6 Å². The van der Waals surface area contributed by atoms with Crippen molar-refractivity contribution in [3.8, 4) is 5.75 Å². The molecule has 106 valence electrons. The van der Waals surface area contributed by atoms with Crippen LogP contribution in [0.5, 0.6) is 5.75 Å². The molecule has 1 rings (SSSR count). The van der Waals surface area contributed by atoms with Crippen molar-refractivity contribution < 1.29 is 10.2 Å². The molecule has 0 radical (unpaired) electrons. The van der Waals surface area contributed by atoms with E-state index in [1.54, 1.807) is 18.3 Å². The minimum atomic E-state index is 0.238. The van der Waals surface area contributed by atoms with Crippen LogP contribution in [0.15, 0.2) is 29.3 Å². The number of aliphatic hydroxyl groups excluding tert-OH is 1. The van der Waals surface area contributed by atoms with Gasteiger partial charge < -0.3 is 20.8 Å². The molecule has 0 fully saturated rings. The van der Waals surface area contributed by atoms with Gasteiger partial charge in [-0.1, -0.05) is 12.1 Å². The van der Waals surface area contributed by atoms with Crippen molar-refractivity contribution in [1.29, 1.82) is 0 Å². The molecule has 5 nitrogen and oxygen atoms in total. The van der Waals surface area contributed by atoms with Crippen LogP contribution in [0.4, 0.5) is 0 Å². The number of hydrogen-bond acceptors (Lipinski definition) is 5. The highest BCUT2D eigenvalue weighted by Gasteiger charge is 1.93. The molecule has 0 aliphatic heterocycles. The molecule has 0 heterocycles. The normalized spacial score (nSPS) is 11.2. The number of aliphatic imine (C=N–C) groups is 1. The van der Waals surface area contributed by atoms with Gasteiger partial charge in [0.2, 0.25) is 0 Å². The lowest BCUT2D eigenvalue weighted by molar-refractivity contribution is 0.286. The van der Waals surface area contributed by atoms with Gasteiger partial charge in [0.25, 0.3) is 0 Å². The minimum Gasteiger partial charge on any atom is -0.507 e. The fourth-order valence-electron chi connectivity index (χ4n) is 1.53. The van der Waals surface area contributed by atoms with Crippen LogP contribution in [0.2, 0.25) is 0 Å². The van der Waals surface area contributed by atoms with Crippen molar-refractivity contribution >= 4 is 6.21 Å². The maximum Gasteiger partial charge on any atom is 0.124 e. The van der Waals surface area contributed by atoms with Gasteiger partial charge in [0.1, 0.15) is 5.75 Å². The molecule has 0 aromatic heterocycles. The van der Waals surface area contributed by atoms with E-state index in [1.165, 1.54) is 0 Å². The second kappa shape index (κ2) is 10.5. The molecule has 0 spiro atoms. The van der Waals surface area contributed by atoms with Crippen LogP contribution < -0.4 is 10.6 Å². The number of phenolic OH excluding ortho intramolecular Hbond substituents is 1. The van der Waals surface area contributed by atoms with Gasteiger partial charge in [-0.2, -0.15) is 0 Å². The van der Waals surface area contributed by atoms with Gasteiger partial charge in [-0.15, -0.1) is 0 Å². The van der Waals surface area contributed by atoms with Gasteiger partial charge in [-0.05, 0) is 25.1 Å². The summed E-state index contributed by atoms with van der Waals surface area (Å²) in [6, 6.07) is 7.14. The first kappa shape index (κ1) is 15.6. The molecule has 0 atom stereocenters. The fraction of sp³-hybridized carbons (Fsp3) is 0.500. The maximum atomic E-state index is 9.52. The first-order chi connectivity index (χ1) is 9.34. The van der Waals surface area contributed by atoms with Gasteiger partial charge in [0.15, 0.2) is 0 Å². The summed E-state index contributed by atoms with van der Waals surface area (Å²) >= 11 is 0. The predicted molar refractivity (Wildman–Crippen MR) is 78.0 cm³/mol. The standard InChI is InChI=1S/C14H23N3O2/c18-11-3-6-15-7-8-16-9-10-17-12-13-4-1-2-5-14(13)19/h1-2,4-5,12,15-16,18-19H,3,6-11H2. The molecule has 19 heavy (non-hydrogen) atoms. The minimum absolute atomic E-state index is 0.238. The van der Waals surface area contributed by atoms with Crippen molar-refractivity contribution in [2.75, 3.05) is 39.3 Å². The summed E-state index contributed by atoms with van der Waals surface area (Å²) in [5, 5.41) is 24.6. The number of phenols is 1. The molecule has 0 aliphatic rings. The van der Waals surface area contributed by atoms with Crippen molar-refractivity contribution in [2.24, 2.45) is 4.99 Å². The average Bonchev–Trinajstić information content (AvgIpc) is 2.43. The number of nitrogens with zero attached hydrogens (tertiary/aromatic N) is 1. The van der Waals surface area contributed by atoms with Crippen LogP contribution >= 0.6 is 0 Å². The Kier molecular flexibility index (Phi) is 8.63. The molecule has 0 bridgehead atoms. The van der Waals surface area contributed by atoms with Crippen LogP contribution in [0.25, 0.3) is 0 Å². The van der Waals surface area contributed by atoms with E-state index in [0.29, 0.717) is 6.54 Å². The highest BCUT2D eigenvalue weighted by atomic mass is 16.3. The van der Waals surface area contributed by atoms with Gasteiger partial charge in [0.05, 0.1) is 6.54 Å². The Morgan fingerprint density at radius 1 is 1.05 bits per heavy atom. The second-order valence-corrected chi connectivity index (χ2v) is 4.17. The SMILES string of the molecule is OCCCNCCNCCN=Cc1ccccc1O. The van der Waals surface area contributed by atoms with E-state index in [-0.39, 0.29) is 12.4 Å². The van der Waals surface area contributed by atoms with Gasteiger partial charge >= 0.3 is 0 Å². The van der Waals surface area contributed by atoms with E-state index in [4.69, 9.17) is 5.11 Å². The number of aliphatic hydroxyl groups is 1. The van der Waals surface area contributed by atoms with E-state index in [1.807, 2.05) is 12.1 Å². The molecule has 0 unspecified atom stereocenters. The highest BCUT2D eigenvalue weighted by molar-refractivity contribution is 5.83. The number of benzene rings is 1. The molecule has 1 aromatic carbocycles. The maximum absolute atomic E-state index is 9.52. The van der Waals surface area contributed by atoms with Crippen molar-refractivity contribution in [3.63, 3.8) is 0 Å². The highest BCUT2D eigenvalue weighted by Crippen LogP contribution is 2.12. The Bertz CT molecular complexity index is 369. The molecule has 4 N–H and O–H groups in total. The van der Waals surface area contributed by atoms with E-state index in [0.717, 1.165) is 38.2 Å². The van der Waals surface area contributed by atoms with Crippen molar-refractivity contribution in [3.05, 3.63) is 29.8 Å². The lowest BCUT2D eigenvalue weighted by Gasteiger charge is -2.04. The van der Waals surface area contributed by atoms with E-state index in [9.17, 15) is 5.11 Å². The number of hydrogen-bond donors (Lipinski definition) is 4. The Labute approximate surface area is 114 Å². The zero-order valence-electron chi connectivity index (χ0n) is 11.2. The molecule has 5 heteroatoms. The smallest absolute Gasteiger partial charge is 0.124 e. The Balaban J connectivity index is 2.00. The molecule has 0 saturated carbocycles. The summed E-state index contributed by atoms with van der Waals surface area (Å²) < 4.78 is 0. The summed E-state index contributed by atoms with van der Waals surface area (Å²) in [7, 11) is 0.